The van der Waals surface area contributed by atoms with Gasteiger partial charge in [0, 0.05) is 12.3 Å². The van der Waals surface area contributed by atoms with Crippen LogP contribution in [0.1, 0.15) is 12.8 Å². The number of halogens is 2. The normalized spacial score (nSPS) is 16.1. The average molecular weight is 464 g/mol. The van der Waals surface area contributed by atoms with Crippen molar-refractivity contribution in [1.82, 2.24) is 9.55 Å². The minimum atomic E-state index is -0.232. The summed E-state index contributed by atoms with van der Waals surface area (Å²) >= 11 is 13.1. The largest absolute Gasteiger partial charge is 0.376 e. The molecule has 1 atom stereocenters. The first-order chi connectivity index (χ1) is 14.5. The number of anilines is 1. The van der Waals surface area contributed by atoms with Crippen LogP contribution in [0.5, 0.6) is 0 Å². The number of nitrogens with one attached hydrogen (secondary N) is 1. The molecule has 1 aromatic heterocycles. The Kier molecular flexibility index (Phi) is 6.63. The van der Waals surface area contributed by atoms with Crippen molar-refractivity contribution in [1.29, 1.82) is 0 Å². The summed E-state index contributed by atoms with van der Waals surface area (Å²) < 4.78 is 7.33. The monoisotopic (exact) mass is 463 g/mol. The second kappa shape index (κ2) is 9.39. The van der Waals surface area contributed by atoms with E-state index in [-0.39, 0.29) is 23.3 Å². The highest BCUT2D eigenvalue weighted by Gasteiger charge is 2.20. The molecule has 0 bridgehead atoms. The van der Waals surface area contributed by atoms with Gasteiger partial charge in [0.2, 0.25) is 5.91 Å². The molecule has 0 saturated carbocycles. The molecule has 2 aromatic carbocycles. The number of amides is 1. The number of hydrogen-bond donors (Lipinski definition) is 1. The first-order valence-electron chi connectivity index (χ1n) is 9.50. The summed E-state index contributed by atoms with van der Waals surface area (Å²) in [6.45, 7) is 1.13. The van der Waals surface area contributed by atoms with Gasteiger partial charge < -0.3 is 10.1 Å². The Morgan fingerprint density at radius 3 is 2.83 bits per heavy atom. The Bertz CT molecular complexity index is 1150. The van der Waals surface area contributed by atoms with E-state index in [1.807, 2.05) is 12.1 Å². The van der Waals surface area contributed by atoms with Crippen LogP contribution in [0.3, 0.4) is 0 Å². The smallest absolute Gasteiger partial charge is 0.262 e. The van der Waals surface area contributed by atoms with Gasteiger partial charge in [-0.3, -0.25) is 14.2 Å². The van der Waals surface area contributed by atoms with Crippen LogP contribution in [0.2, 0.25) is 10.0 Å². The Balaban J connectivity index is 1.55. The molecular weight excluding hydrogens is 445 g/mol. The SMILES string of the molecule is O=C(CSc1nc2ccccc2c(=O)n1C[C@@H]1CCCO1)Nc1ccc(Cl)c(Cl)c1. The zero-order valence-corrected chi connectivity index (χ0v) is 18.3. The molecule has 156 valence electrons. The van der Waals surface area contributed by atoms with Crippen LogP contribution in [-0.2, 0) is 16.1 Å². The van der Waals surface area contributed by atoms with E-state index in [1.54, 1.807) is 34.9 Å². The summed E-state index contributed by atoms with van der Waals surface area (Å²) in [5, 5.41) is 4.62. The van der Waals surface area contributed by atoms with Gasteiger partial charge in [0.15, 0.2) is 5.16 Å². The highest BCUT2D eigenvalue weighted by Crippen LogP contribution is 2.26. The molecule has 1 aliphatic rings. The third-order valence-corrected chi connectivity index (χ3v) is 6.49. The second-order valence-corrected chi connectivity index (χ2v) is 8.68. The number of para-hydroxylation sites is 1. The number of aromatic nitrogens is 2. The lowest BCUT2D eigenvalue weighted by Gasteiger charge is -2.16. The average Bonchev–Trinajstić information content (AvgIpc) is 3.25. The Morgan fingerprint density at radius 1 is 1.23 bits per heavy atom. The highest BCUT2D eigenvalue weighted by molar-refractivity contribution is 7.99. The predicted octanol–water partition coefficient (Wildman–Crippen LogP) is 4.61. The lowest BCUT2D eigenvalue weighted by atomic mass is 10.2. The number of thioether (sulfide) groups is 1. The van der Waals surface area contributed by atoms with Crippen molar-refractivity contribution in [2.24, 2.45) is 0 Å². The van der Waals surface area contributed by atoms with Gasteiger partial charge in [-0.15, -0.1) is 0 Å². The van der Waals surface area contributed by atoms with Gasteiger partial charge in [-0.1, -0.05) is 47.1 Å². The predicted molar refractivity (Wildman–Crippen MR) is 121 cm³/mol. The Hall–Kier alpha value is -2.06. The highest BCUT2D eigenvalue weighted by atomic mass is 35.5. The summed E-state index contributed by atoms with van der Waals surface area (Å²) in [6, 6.07) is 12.1. The van der Waals surface area contributed by atoms with E-state index in [1.165, 1.54) is 11.8 Å². The van der Waals surface area contributed by atoms with Crippen LogP contribution in [0.25, 0.3) is 10.9 Å². The topological polar surface area (TPSA) is 73.2 Å². The van der Waals surface area contributed by atoms with Crippen molar-refractivity contribution in [2.45, 2.75) is 30.6 Å². The van der Waals surface area contributed by atoms with Gasteiger partial charge in [0.1, 0.15) is 0 Å². The molecule has 6 nitrogen and oxygen atoms in total. The van der Waals surface area contributed by atoms with Crippen LogP contribution in [0, 0.1) is 0 Å². The fraction of sp³-hybridized carbons (Fsp3) is 0.286. The number of ether oxygens (including phenoxy) is 1. The van der Waals surface area contributed by atoms with E-state index in [0.717, 1.165) is 12.8 Å². The first kappa shape index (κ1) is 21.2. The maximum absolute atomic E-state index is 13.1. The van der Waals surface area contributed by atoms with E-state index in [4.69, 9.17) is 27.9 Å². The van der Waals surface area contributed by atoms with Gasteiger partial charge in [0.05, 0.1) is 39.3 Å². The van der Waals surface area contributed by atoms with Crippen LogP contribution >= 0.6 is 35.0 Å². The van der Waals surface area contributed by atoms with E-state index in [9.17, 15) is 9.59 Å². The lowest BCUT2D eigenvalue weighted by molar-refractivity contribution is -0.113. The summed E-state index contributed by atoms with van der Waals surface area (Å²) in [4.78, 5) is 30.1. The quantitative estimate of drug-likeness (QED) is 0.426. The van der Waals surface area contributed by atoms with Gasteiger partial charge in [-0.25, -0.2) is 4.98 Å². The molecular formula is C21H19Cl2N3O3S. The van der Waals surface area contributed by atoms with Crippen LogP contribution in [0.4, 0.5) is 5.69 Å². The zero-order valence-electron chi connectivity index (χ0n) is 15.9. The van der Waals surface area contributed by atoms with Crippen molar-refractivity contribution in [3.8, 4) is 0 Å². The van der Waals surface area contributed by atoms with Crippen molar-refractivity contribution < 1.29 is 9.53 Å². The summed E-state index contributed by atoms with van der Waals surface area (Å²) in [7, 11) is 0. The minimum absolute atomic E-state index is 0.0185. The van der Waals surface area contributed by atoms with Crippen molar-refractivity contribution >= 4 is 57.5 Å². The van der Waals surface area contributed by atoms with E-state index in [2.05, 4.69) is 10.3 Å². The minimum Gasteiger partial charge on any atom is -0.376 e. The maximum atomic E-state index is 13.1. The third-order valence-electron chi connectivity index (χ3n) is 4.77. The summed E-state index contributed by atoms with van der Waals surface area (Å²) in [5.41, 5.74) is 1.04. The molecule has 0 unspecified atom stereocenters. The first-order valence-corrected chi connectivity index (χ1v) is 11.2. The molecule has 3 aromatic rings. The Labute approximate surface area is 187 Å². The molecule has 1 N–H and O–H groups in total. The molecule has 1 amide bonds. The Morgan fingerprint density at radius 2 is 2.07 bits per heavy atom. The summed E-state index contributed by atoms with van der Waals surface area (Å²) in [6.07, 6.45) is 1.87. The van der Waals surface area contributed by atoms with Crippen LogP contribution in [0.15, 0.2) is 52.4 Å². The van der Waals surface area contributed by atoms with Crippen LogP contribution < -0.4 is 10.9 Å². The molecule has 1 saturated heterocycles. The van der Waals surface area contributed by atoms with Crippen molar-refractivity contribution in [2.75, 3.05) is 17.7 Å². The van der Waals surface area contributed by atoms with Gasteiger partial charge in [-0.05, 0) is 43.2 Å². The fourth-order valence-corrected chi connectivity index (χ4v) is 4.42. The number of hydrogen-bond acceptors (Lipinski definition) is 5. The molecule has 4 rings (SSSR count). The number of benzene rings is 2. The van der Waals surface area contributed by atoms with E-state index in [0.29, 0.717) is 44.9 Å². The summed E-state index contributed by atoms with van der Waals surface area (Å²) in [5.74, 6) is -0.138. The van der Waals surface area contributed by atoms with E-state index < -0.39 is 0 Å². The number of fused-ring (bicyclic) bond motifs is 1. The van der Waals surface area contributed by atoms with Gasteiger partial charge in [0.25, 0.3) is 5.56 Å². The molecule has 0 aliphatic carbocycles. The molecule has 1 aliphatic heterocycles. The fourth-order valence-electron chi connectivity index (χ4n) is 3.31. The second-order valence-electron chi connectivity index (χ2n) is 6.93. The molecule has 1 fully saturated rings. The van der Waals surface area contributed by atoms with E-state index >= 15 is 0 Å². The lowest BCUT2D eigenvalue weighted by Crippen LogP contribution is -2.29. The molecule has 2 heterocycles. The van der Waals surface area contributed by atoms with Gasteiger partial charge in [-0.2, -0.15) is 0 Å². The van der Waals surface area contributed by atoms with Crippen molar-refractivity contribution in [3.63, 3.8) is 0 Å². The molecule has 0 spiro atoms. The standard InChI is InChI=1S/C21H19Cl2N3O3S/c22-16-8-7-13(10-17(16)23)24-19(27)12-30-21-25-18-6-2-1-5-15(18)20(28)26(21)11-14-4-3-9-29-14/h1-2,5-8,10,14H,3-4,9,11-12H2,(H,24,27)/t14-/m0/s1. The zero-order chi connectivity index (χ0) is 21.1. The molecule has 0 radical (unpaired) electrons. The number of nitrogens with zero attached hydrogens (tertiary/aromatic N) is 2. The third kappa shape index (κ3) is 4.81. The number of rotatable bonds is 6. The maximum Gasteiger partial charge on any atom is 0.262 e. The van der Waals surface area contributed by atoms with Gasteiger partial charge >= 0.3 is 0 Å². The molecule has 30 heavy (non-hydrogen) atoms. The number of carbonyl (C=O) groups is 1. The molecule has 9 heteroatoms. The number of carbonyl (C=O) groups excluding carboxylic acids is 1. The van der Waals surface area contributed by atoms with Crippen molar-refractivity contribution in [3.05, 3.63) is 62.9 Å². The van der Waals surface area contributed by atoms with Crippen LogP contribution in [-0.4, -0.2) is 33.9 Å².